The highest BCUT2D eigenvalue weighted by Gasteiger charge is 2.44. The Labute approximate surface area is 177 Å². The third-order valence-electron chi connectivity index (χ3n) is 7.09. The molecule has 5 nitrogen and oxygen atoms in total. The third-order valence-corrected chi connectivity index (χ3v) is 7.56. The van der Waals surface area contributed by atoms with Crippen LogP contribution in [0.4, 0.5) is 0 Å². The van der Waals surface area contributed by atoms with Gasteiger partial charge in [-0.2, -0.15) is 0 Å². The van der Waals surface area contributed by atoms with Crippen LogP contribution in [0.3, 0.4) is 0 Å². The van der Waals surface area contributed by atoms with Crippen molar-refractivity contribution in [1.82, 2.24) is 0 Å². The first-order chi connectivity index (χ1) is 13.5. The first-order valence-corrected chi connectivity index (χ1v) is 10.4. The van der Waals surface area contributed by atoms with Crippen LogP contribution in [0.2, 0.25) is 5.02 Å². The van der Waals surface area contributed by atoms with E-state index in [1.54, 1.807) is 19.9 Å². The molecule has 1 aromatic carbocycles. The molecular weight excluding hydrogens is 392 g/mol. The van der Waals surface area contributed by atoms with Crippen molar-refractivity contribution in [3.05, 3.63) is 33.4 Å². The standard InChI is InChI=1S/C23H31ClO5/c1-12(19(27)10-23(5)13(2)7-9-18(26)15(23)4)6-8-16-21(28)17(11-25)14(3)20(24)22(16)29/h6,11,13,15,19,27-29H,7-10H2,1-5H3/b12-6+/t13-,15+,19+,23+/m1/s1. The topological polar surface area (TPSA) is 94.8 Å². The van der Waals surface area contributed by atoms with E-state index < -0.39 is 6.10 Å². The highest BCUT2D eigenvalue weighted by atomic mass is 35.5. The average Bonchev–Trinajstić information content (AvgIpc) is 2.68. The SMILES string of the molecule is C/C(=C\Cc1c(O)c(Cl)c(C)c(C=O)c1O)[C@@H](O)C[C@@]1(C)[C@H](C)CCC(=O)[C@@H]1C. The van der Waals surface area contributed by atoms with E-state index in [9.17, 15) is 24.9 Å². The van der Waals surface area contributed by atoms with Gasteiger partial charge in [-0.1, -0.05) is 38.4 Å². The van der Waals surface area contributed by atoms with E-state index in [1.807, 2.05) is 6.92 Å². The van der Waals surface area contributed by atoms with E-state index in [0.717, 1.165) is 6.42 Å². The summed E-state index contributed by atoms with van der Waals surface area (Å²) in [6.45, 7) is 9.45. The van der Waals surface area contributed by atoms with Gasteiger partial charge in [-0.3, -0.25) is 9.59 Å². The first kappa shape index (κ1) is 23.4. The van der Waals surface area contributed by atoms with Gasteiger partial charge in [0, 0.05) is 17.9 Å². The lowest BCUT2D eigenvalue weighted by molar-refractivity contribution is -0.133. The molecule has 160 valence electrons. The lowest BCUT2D eigenvalue weighted by Gasteiger charge is -2.45. The van der Waals surface area contributed by atoms with Crippen LogP contribution in [-0.4, -0.2) is 33.5 Å². The largest absolute Gasteiger partial charge is 0.507 e. The number of phenolic OH excluding ortho intramolecular Hbond substituents is 2. The molecule has 0 heterocycles. The number of ketones is 1. The van der Waals surface area contributed by atoms with E-state index >= 15 is 0 Å². The number of phenols is 2. The van der Waals surface area contributed by atoms with E-state index in [-0.39, 0.29) is 51.2 Å². The summed E-state index contributed by atoms with van der Waals surface area (Å²) >= 11 is 6.09. The van der Waals surface area contributed by atoms with Crippen LogP contribution in [0, 0.1) is 24.2 Å². The molecule has 0 amide bonds. The molecule has 1 aliphatic carbocycles. The summed E-state index contributed by atoms with van der Waals surface area (Å²) in [5, 5.41) is 31.5. The van der Waals surface area contributed by atoms with E-state index in [1.165, 1.54) is 0 Å². The molecule has 1 fully saturated rings. The number of carbonyl (C=O) groups is 2. The molecule has 0 aromatic heterocycles. The Morgan fingerprint density at radius 3 is 2.52 bits per heavy atom. The van der Waals surface area contributed by atoms with Gasteiger partial charge >= 0.3 is 0 Å². The van der Waals surface area contributed by atoms with Crippen LogP contribution in [0.25, 0.3) is 0 Å². The highest BCUT2D eigenvalue weighted by molar-refractivity contribution is 6.33. The molecule has 1 aromatic rings. The summed E-state index contributed by atoms with van der Waals surface area (Å²) in [5.41, 5.74) is 0.887. The number of allylic oxidation sites excluding steroid dienone is 1. The maximum atomic E-state index is 12.2. The smallest absolute Gasteiger partial charge is 0.154 e. The van der Waals surface area contributed by atoms with Gasteiger partial charge in [0.05, 0.1) is 16.7 Å². The fraction of sp³-hybridized carbons (Fsp3) is 0.565. The lowest BCUT2D eigenvalue weighted by Crippen LogP contribution is -2.43. The summed E-state index contributed by atoms with van der Waals surface area (Å²) in [6.07, 6.45) is 3.45. The Kier molecular flexibility index (Phi) is 7.18. The molecule has 0 spiro atoms. The Hall–Kier alpha value is -1.85. The number of Topliss-reactive ketones (excluding diaryl/α,β-unsaturated/α-hetero) is 1. The van der Waals surface area contributed by atoms with Crippen molar-refractivity contribution in [3.63, 3.8) is 0 Å². The Morgan fingerprint density at radius 2 is 1.93 bits per heavy atom. The Balaban J connectivity index is 2.25. The number of halogens is 1. The summed E-state index contributed by atoms with van der Waals surface area (Å²) in [7, 11) is 0. The molecular formula is C23H31ClO5. The first-order valence-electron chi connectivity index (χ1n) is 10.0. The number of benzene rings is 1. The minimum atomic E-state index is -0.758. The number of rotatable bonds is 6. The lowest BCUT2D eigenvalue weighted by atomic mass is 9.59. The molecule has 1 saturated carbocycles. The third kappa shape index (κ3) is 4.36. The van der Waals surface area contributed by atoms with Gasteiger partial charge in [0.1, 0.15) is 17.3 Å². The second-order valence-electron chi connectivity index (χ2n) is 8.65. The number of aliphatic hydroxyl groups excluding tert-OH is 1. The predicted octanol–water partition coefficient (Wildman–Crippen LogP) is 4.75. The Bertz CT molecular complexity index is 844. The van der Waals surface area contributed by atoms with Gasteiger partial charge in [-0.05, 0) is 55.6 Å². The van der Waals surface area contributed by atoms with Gasteiger partial charge in [0.25, 0.3) is 0 Å². The van der Waals surface area contributed by atoms with Crippen LogP contribution in [0.15, 0.2) is 11.6 Å². The minimum absolute atomic E-state index is 0.0300. The number of aliphatic hydroxyl groups is 1. The normalized spacial score (nSPS) is 26.4. The van der Waals surface area contributed by atoms with Gasteiger partial charge in [-0.25, -0.2) is 0 Å². The maximum absolute atomic E-state index is 12.2. The molecule has 0 aliphatic heterocycles. The molecule has 6 heteroatoms. The second kappa shape index (κ2) is 8.88. The van der Waals surface area contributed by atoms with Crippen molar-refractivity contribution >= 4 is 23.7 Å². The molecule has 4 atom stereocenters. The molecule has 29 heavy (non-hydrogen) atoms. The predicted molar refractivity (Wildman–Crippen MR) is 114 cm³/mol. The maximum Gasteiger partial charge on any atom is 0.154 e. The molecule has 0 saturated heterocycles. The summed E-state index contributed by atoms with van der Waals surface area (Å²) in [5.74, 6) is -0.127. The second-order valence-corrected chi connectivity index (χ2v) is 9.03. The van der Waals surface area contributed by atoms with Gasteiger partial charge < -0.3 is 15.3 Å². The van der Waals surface area contributed by atoms with E-state index in [0.29, 0.717) is 36.2 Å². The summed E-state index contributed by atoms with van der Waals surface area (Å²) in [6, 6.07) is 0. The molecule has 1 aliphatic rings. The fourth-order valence-corrected chi connectivity index (χ4v) is 4.49. The van der Waals surface area contributed by atoms with Crippen molar-refractivity contribution in [2.45, 2.75) is 66.4 Å². The number of aromatic hydroxyl groups is 2. The van der Waals surface area contributed by atoms with Crippen molar-refractivity contribution in [2.75, 3.05) is 0 Å². The average molecular weight is 423 g/mol. The zero-order valence-corrected chi connectivity index (χ0v) is 18.5. The number of aldehydes is 1. The molecule has 0 unspecified atom stereocenters. The number of hydrogen-bond donors (Lipinski definition) is 3. The van der Waals surface area contributed by atoms with Crippen molar-refractivity contribution in [3.8, 4) is 11.5 Å². The summed E-state index contributed by atoms with van der Waals surface area (Å²) in [4.78, 5) is 23.5. The fourth-order valence-electron chi connectivity index (χ4n) is 4.27. The van der Waals surface area contributed by atoms with Crippen molar-refractivity contribution < 1.29 is 24.9 Å². The zero-order valence-electron chi connectivity index (χ0n) is 17.8. The number of hydrogen-bond acceptors (Lipinski definition) is 5. The quantitative estimate of drug-likeness (QED) is 0.454. The zero-order chi connectivity index (χ0) is 22.1. The van der Waals surface area contributed by atoms with Crippen LogP contribution >= 0.6 is 11.6 Å². The highest BCUT2D eigenvalue weighted by Crippen LogP contribution is 2.47. The summed E-state index contributed by atoms with van der Waals surface area (Å²) < 4.78 is 0. The van der Waals surface area contributed by atoms with Crippen LogP contribution < -0.4 is 0 Å². The number of carbonyl (C=O) groups excluding carboxylic acids is 2. The van der Waals surface area contributed by atoms with Crippen molar-refractivity contribution in [2.24, 2.45) is 17.3 Å². The van der Waals surface area contributed by atoms with Gasteiger partial charge in [0.2, 0.25) is 0 Å². The molecule has 3 N–H and O–H groups in total. The monoisotopic (exact) mass is 422 g/mol. The Morgan fingerprint density at radius 1 is 1.31 bits per heavy atom. The molecule has 2 rings (SSSR count). The molecule has 0 radical (unpaired) electrons. The minimum Gasteiger partial charge on any atom is -0.507 e. The van der Waals surface area contributed by atoms with Crippen molar-refractivity contribution in [1.29, 1.82) is 0 Å². The van der Waals surface area contributed by atoms with Gasteiger partial charge in [0.15, 0.2) is 6.29 Å². The molecule has 0 bridgehead atoms. The van der Waals surface area contributed by atoms with Crippen LogP contribution in [-0.2, 0) is 11.2 Å². The van der Waals surface area contributed by atoms with E-state index in [4.69, 9.17) is 11.6 Å². The van der Waals surface area contributed by atoms with Crippen LogP contribution in [0.1, 0.15) is 68.4 Å². The van der Waals surface area contributed by atoms with Gasteiger partial charge in [-0.15, -0.1) is 0 Å². The van der Waals surface area contributed by atoms with E-state index in [2.05, 4.69) is 13.8 Å². The van der Waals surface area contributed by atoms with Crippen LogP contribution in [0.5, 0.6) is 11.5 Å².